The summed E-state index contributed by atoms with van der Waals surface area (Å²) in [4.78, 5) is 29.5. The molecule has 3 heterocycles. The minimum absolute atomic E-state index is 0.0809. The summed E-state index contributed by atoms with van der Waals surface area (Å²) in [5, 5.41) is 3.44. The highest BCUT2D eigenvalue weighted by Gasteiger charge is 2.28. The van der Waals surface area contributed by atoms with E-state index in [1.165, 1.54) is 28.6 Å². The molecule has 1 aromatic heterocycles. The van der Waals surface area contributed by atoms with Crippen LogP contribution >= 0.6 is 11.8 Å². The van der Waals surface area contributed by atoms with Crippen LogP contribution in [0.15, 0.2) is 63.1 Å². The Kier molecular flexibility index (Phi) is 6.00. The number of rotatable bonds is 4. The zero-order valence-corrected chi connectivity index (χ0v) is 19.4. The van der Waals surface area contributed by atoms with Crippen LogP contribution in [0.3, 0.4) is 0 Å². The molecule has 1 amide bonds. The molecule has 0 bridgehead atoms. The van der Waals surface area contributed by atoms with Gasteiger partial charge in [-0.1, -0.05) is 18.2 Å². The molecule has 33 heavy (non-hydrogen) atoms. The molecule has 0 radical (unpaired) electrons. The van der Waals surface area contributed by atoms with Crippen LogP contribution in [0, 0.1) is 0 Å². The topological polar surface area (TPSA) is 109 Å². The minimum Gasteiger partial charge on any atom is -0.379 e. The number of thioether (sulfide) groups is 1. The number of hydrogen-bond acceptors (Lipinski definition) is 6. The summed E-state index contributed by atoms with van der Waals surface area (Å²) in [6.07, 6.45) is 0.769. The van der Waals surface area contributed by atoms with Crippen molar-refractivity contribution in [2.24, 2.45) is 0 Å². The Labute approximate surface area is 195 Å². The van der Waals surface area contributed by atoms with Crippen LogP contribution in [0.5, 0.6) is 0 Å². The second-order valence-corrected chi connectivity index (χ2v) is 11.0. The smallest absolute Gasteiger partial charge is 0.252 e. The van der Waals surface area contributed by atoms with Crippen molar-refractivity contribution in [1.29, 1.82) is 0 Å². The molecule has 3 aromatic rings. The van der Waals surface area contributed by atoms with Gasteiger partial charge in [-0.15, -0.1) is 11.8 Å². The molecule has 0 unspecified atom stereocenters. The lowest BCUT2D eigenvalue weighted by Crippen LogP contribution is -2.40. The van der Waals surface area contributed by atoms with Gasteiger partial charge >= 0.3 is 0 Å². The molecule has 172 valence electrons. The Hall–Kier alpha value is -2.66. The fourth-order valence-electron chi connectivity index (χ4n) is 4.25. The Morgan fingerprint density at radius 1 is 1.12 bits per heavy atom. The highest BCUT2D eigenvalue weighted by molar-refractivity contribution is 7.99. The molecular weight excluding hydrogens is 462 g/mol. The number of ether oxygens (including phenoxy) is 1. The number of pyridine rings is 1. The third-order valence-corrected chi connectivity index (χ3v) is 8.95. The maximum Gasteiger partial charge on any atom is 0.252 e. The number of carbonyl (C=O) groups is 1. The van der Waals surface area contributed by atoms with Gasteiger partial charge in [0.1, 0.15) is 0 Å². The summed E-state index contributed by atoms with van der Waals surface area (Å²) in [6, 6.07) is 13.4. The molecule has 2 aliphatic rings. The molecule has 10 heteroatoms. The highest BCUT2D eigenvalue weighted by atomic mass is 32.2. The molecule has 2 aliphatic heterocycles. The van der Waals surface area contributed by atoms with Crippen molar-refractivity contribution in [2.45, 2.75) is 22.3 Å². The van der Waals surface area contributed by atoms with Crippen molar-refractivity contribution in [3.63, 3.8) is 0 Å². The summed E-state index contributed by atoms with van der Waals surface area (Å²) in [5.41, 5.74) is 1.19. The van der Waals surface area contributed by atoms with Gasteiger partial charge in [-0.25, -0.2) is 8.42 Å². The largest absolute Gasteiger partial charge is 0.379 e. The van der Waals surface area contributed by atoms with Gasteiger partial charge in [-0.05, 0) is 36.2 Å². The van der Waals surface area contributed by atoms with Gasteiger partial charge in [-0.2, -0.15) is 4.31 Å². The fourth-order valence-corrected chi connectivity index (χ4v) is 6.81. The summed E-state index contributed by atoms with van der Waals surface area (Å²) >= 11 is 1.75. The van der Waals surface area contributed by atoms with E-state index < -0.39 is 21.5 Å². The van der Waals surface area contributed by atoms with E-state index in [2.05, 4.69) is 10.3 Å². The molecule has 1 atom stereocenters. The number of carbonyl (C=O) groups excluding carboxylic acids is 1. The third kappa shape index (κ3) is 4.31. The fraction of sp³-hybridized carbons (Fsp3) is 0.304. The van der Waals surface area contributed by atoms with E-state index in [1.54, 1.807) is 11.8 Å². The lowest BCUT2D eigenvalue weighted by Gasteiger charge is -2.26. The summed E-state index contributed by atoms with van der Waals surface area (Å²) < 4.78 is 32.9. The lowest BCUT2D eigenvalue weighted by molar-refractivity contribution is 0.0730. The normalized spacial score (nSPS) is 19.2. The van der Waals surface area contributed by atoms with Gasteiger partial charge in [0.2, 0.25) is 15.6 Å². The van der Waals surface area contributed by atoms with Crippen LogP contribution in [-0.4, -0.2) is 55.7 Å². The molecule has 2 N–H and O–H groups in total. The first-order valence-electron chi connectivity index (χ1n) is 10.7. The van der Waals surface area contributed by atoms with Crippen LogP contribution in [-0.2, 0) is 14.8 Å². The number of morpholine rings is 1. The van der Waals surface area contributed by atoms with Crippen molar-refractivity contribution in [3.05, 3.63) is 70.0 Å². The van der Waals surface area contributed by atoms with E-state index in [1.807, 2.05) is 24.3 Å². The van der Waals surface area contributed by atoms with Crippen molar-refractivity contribution < 1.29 is 17.9 Å². The summed E-state index contributed by atoms with van der Waals surface area (Å²) in [7, 11) is -3.75. The summed E-state index contributed by atoms with van der Waals surface area (Å²) in [5.74, 6) is 0.471. The van der Waals surface area contributed by atoms with Gasteiger partial charge in [0.25, 0.3) is 5.91 Å². The van der Waals surface area contributed by atoms with E-state index in [4.69, 9.17) is 4.74 Å². The maximum atomic E-state index is 13.3. The quantitative estimate of drug-likeness (QED) is 0.588. The second kappa shape index (κ2) is 8.94. The SMILES string of the molecule is O=C(N[C@H]1CCSc2ccccc21)c1cc(=O)[nH]c2ccc(S(=O)(=O)N3CCOCC3)cc12. The lowest BCUT2D eigenvalue weighted by atomic mass is 10.0. The van der Waals surface area contributed by atoms with Gasteiger partial charge in [-0.3, -0.25) is 9.59 Å². The Morgan fingerprint density at radius 3 is 2.73 bits per heavy atom. The number of aromatic nitrogens is 1. The first kappa shape index (κ1) is 22.1. The maximum absolute atomic E-state index is 13.3. The zero-order chi connectivity index (χ0) is 23.0. The number of hydrogen-bond donors (Lipinski definition) is 2. The Balaban J connectivity index is 1.52. The van der Waals surface area contributed by atoms with Gasteiger partial charge in [0.15, 0.2) is 0 Å². The summed E-state index contributed by atoms with van der Waals surface area (Å²) in [6.45, 7) is 1.24. The highest BCUT2D eigenvalue weighted by Crippen LogP contribution is 2.36. The number of fused-ring (bicyclic) bond motifs is 2. The molecule has 0 spiro atoms. The number of nitrogens with zero attached hydrogens (tertiary/aromatic N) is 1. The molecule has 8 nitrogen and oxygen atoms in total. The van der Waals surface area contributed by atoms with Crippen molar-refractivity contribution >= 4 is 38.6 Å². The minimum atomic E-state index is -3.75. The van der Waals surface area contributed by atoms with Crippen LogP contribution < -0.4 is 10.9 Å². The molecule has 1 saturated heterocycles. The van der Waals surface area contributed by atoms with Gasteiger partial charge < -0.3 is 15.0 Å². The van der Waals surface area contributed by atoms with E-state index in [-0.39, 0.29) is 29.6 Å². The van der Waals surface area contributed by atoms with E-state index in [9.17, 15) is 18.0 Å². The monoisotopic (exact) mass is 485 g/mol. The number of sulfonamides is 1. The van der Waals surface area contributed by atoms with Crippen LogP contribution in [0.1, 0.15) is 28.4 Å². The predicted octanol–water partition coefficient (Wildman–Crippen LogP) is 2.52. The standard InChI is InChI=1S/C23H23N3O5S2/c27-22-14-18(23(28)25-20-7-12-32-21-4-2-1-3-16(20)21)17-13-15(5-6-19(17)24-22)33(29,30)26-8-10-31-11-9-26/h1-6,13-14,20H,7-12H2,(H,24,27)(H,25,28)/t20-/m0/s1. The van der Waals surface area contributed by atoms with Gasteiger partial charge in [0.05, 0.1) is 29.7 Å². The predicted molar refractivity (Wildman–Crippen MR) is 126 cm³/mol. The molecule has 0 saturated carbocycles. The van der Waals surface area contributed by atoms with E-state index >= 15 is 0 Å². The van der Waals surface area contributed by atoms with Crippen LogP contribution in [0.4, 0.5) is 0 Å². The van der Waals surface area contributed by atoms with Crippen molar-refractivity contribution in [2.75, 3.05) is 32.1 Å². The Morgan fingerprint density at radius 2 is 1.91 bits per heavy atom. The van der Waals surface area contributed by atoms with Crippen molar-refractivity contribution in [3.8, 4) is 0 Å². The van der Waals surface area contributed by atoms with Crippen LogP contribution in [0.25, 0.3) is 10.9 Å². The second-order valence-electron chi connectivity index (χ2n) is 7.97. The number of H-pyrrole nitrogens is 1. The average molecular weight is 486 g/mol. The molecule has 1 fully saturated rings. The first-order chi connectivity index (χ1) is 15.9. The molecule has 5 rings (SSSR count). The molecule has 2 aromatic carbocycles. The number of benzene rings is 2. The van der Waals surface area contributed by atoms with E-state index in [0.29, 0.717) is 24.1 Å². The molecular formula is C23H23N3O5S2. The average Bonchev–Trinajstić information content (AvgIpc) is 2.84. The number of aromatic amines is 1. The molecule has 0 aliphatic carbocycles. The van der Waals surface area contributed by atoms with E-state index in [0.717, 1.165) is 22.6 Å². The van der Waals surface area contributed by atoms with Crippen molar-refractivity contribution in [1.82, 2.24) is 14.6 Å². The zero-order valence-electron chi connectivity index (χ0n) is 17.7. The Bertz CT molecular complexity index is 1380. The number of nitrogens with one attached hydrogen (secondary N) is 2. The first-order valence-corrected chi connectivity index (χ1v) is 13.1. The number of amides is 1. The van der Waals surface area contributed by atoms with Gasteiger partial charge in [0, 0.05) is 40.7 Å². The third-order valence-electron chi connectivity index (χ3n) is 5.93. The van der Waals surface area contributed by atoms with Crippen LogP contribution in [0.2, 0.25) is 0 Å².